The lowest BCUT2D eigenvalue weighted by Gasteiger charge is -2.13. The molecule has 0 radical (unpaired) electrons. The van der Waals surface area contributed by atoms with Crippen molar-refractivity contribution in [2.45, 2.75) is 23.8 Å². The third kappa shape index (κ3) is 3.07. The number of aromatic nitrogens is 1. The molecule has 1 N–H and O–H groups in total. The molecule has 0 saturated heterocycles. The van der Waals surface area contributed by atoms with Gasteiger partial charge in [0.05, 0.1) is 0 Å². The minimum absolute atomic E-state index is 0.000409. The van der Waals surface area contributed by atoms with E-state index in [1.165, 1.54) is 12.3 Å². The Hall–Kier alpha value is -0.430. The van der Waals surface area contributed by atoms with Crippen molar-refractivity contribution in [3.63, 3.8) is 0 Å². The maximum atomic E-state index is 12.1. The molecule has 0 saturated carbocycles. The number of hydrogen-bond donors (Lipinski definition) is 1. The van der Waals surface area contributed by atoms with E-state index in [0.29, 0.717) is 17.3 Å². The van der Waals surface area contributed by atoms with E-state index in [1.54, 1.807) is 0 Å². The lowest BCUT2D eigenvalue weighted by molar-refractivity contribution is 0.557. The summed E-state index contributed by atoms with van der Waals surface area (Å²) in [6.07, 6.45) is 6.77. The quantitative estimate of drug-likeness (QED) is 0.681. The number of nitrogens with zero attached hydrogens (tertiary/aromatic N) is 1. The Bertz CT molecular complexity index is 551. The second-order valence-electron chi connectivity index (χ2n) is 3.70. The number of rotatable bonds is 3. The maximum Gasteiger partial charge on any atom is 0.243 e. The largest absolute Gasteiger partial charge is 0.243 e. The number of hydrogen-bond acceptors (Lipinski definition) is 3. The molecule has 0 unspecified atom stereocenters. The van der Waals surface area contributed by atoms with Gasteiger partial charge in [0.25, 0.3) is 0 Å². The van der Waals surface area contributed by atoms with Gasteiger partial charge in [0, 0.05) is 16.7 Å². The average molecular weight is 338 g/mol. The Balaban J connectivity index is 2.27. The van der Waals surface area contributed by atoms with E-state index in [2.05, 4.69) is 25.6 Å². The number of pyridine rings is 1. The van der Waals surface area contributed by atoms with Gasteiger partial charge in [-0.3, -0.25) is 0 Å². The van der Waals surface area contributed by atoms with Gasteiger partial charge in [0.1, 0.15) is 10.0 Å². The van der Waals surface area contributed by atoms with Gasteiger partial charge in [-0.15, -0.1) is 0 Å². The minimum atomic E-state index is -3.61. The van der Waals surface area contributed by atoms with Gasteiger partial charge in [-0.05, 0) is 34.8 Å². The summed E-state index contributed by atoms with van der Waals surface area (Å²) in [6.45, 7) is 0. The van der Waals surface area contributed by atoms with Crippen LogP contribution in [0, 0.1) is 0 Å². The Morgan fingerprint density at radius 1 is 1.41 bits per heavy atom. The van der Waals surface area contributed by atoms with Crippen molar-refractivity contribution in [1.29, 1.82) is 0 Å². The van der Waals surface area contributed by atoms with Crippen molar-refractivity contribution < 1.29 is 8.42 Å². The fraction of sp³-hybridized carbons (Fsp3) is 0.300. The third-order valence-corrected chi connectivity index (χ3v) is 4.77. The highest BCUT2D eigenvalue weighted by Crippen LogP contribution is 2.23. The average Bonchev–Trinajstić information content (AvgIpc) is 2.73. The molecule has 0 amide bonds. The first-order valence-corrected chi connectivity index (χ1v) is 7.63. The summed E-state index contributed by atoms with van der Waals surface area (Å²) in [5, 5.41) is -0.0216. The molecule has 0 fully saturated rings. The highest BCUT2D eigenvalue weighted by atomic mass is 79.9. The minimum Gasteiger partial charge on any atom is -0.242 e. The summed E-state index contributed by atoms with van der Waals surface area (Å²) in [6, 6.07) is 1.36. The third-order valence-electron chi connectivity index (χ3n) is 2.39. The molecule has 1 heterocycles. The van der Waals surface area contributed by atoms with Gasteiger partial charge < -0.3 is 0 Å². The van der Waals surface area contributed by atoms with Gasteiger partial charge in [-0.1, -0.05) is 23.8 Å². The van der Waals surface area contributed by atoms with Crippen LogP contribution in [0.1, 0.15) is 12.8 Å². The lowest BCUT2D eigenvalue weighted by atomic mass is 10.3. The van der Waals surface area contributed by atoms with Crippen LogP contribution in [-0.4, -0.2) is 19.4 Å². The zero-order chi connectivity index (χ0) is 12.5. The Morgan fingerprint density at radius 2 is 2.06 bits per heavy atom. The van der Waals surface area contributed by atoms with Crippen LogP contribution in [0.15, 0.2) is 33.8 Å². The van der Waals surface area contributed by atoms with Gasteiger partial charge in [0.2, 0.25) is 10.0 Å². The molecular formula is C10H10BrClN2O2S. The van der Waals surface area contributed by atoms with Crippen LogP contribution in [-0.2, 0) is 10.0 Å². The topological polar surface area (TPSA) is 59.1 Å². The molecule has 0 spiro atoms. The molecule has 0 bridgehead atoms. The zero-order valence-corrected chi connectivity index (χ0v) is 11.9. The van der Waals surface area contributed by atoms with Crippen molar-refractivity contribution in [2.24, 2.45) is 0 Å². The van der Waals surface area contributed by atoms with Crippen molar-refractivity contribution in [3.8, 4) is 0 Å². The van der Waals surface area contributed by atoms with Gasteiger partial charge in [-0.25, -0.2) is 18.1 Å². The molecule has 0 aromatic carbocycles. The molecule has 92 valence electrons. The first-order chi connectivity index (χ1) is 7.99. The maximum absolute atomic E-state index is 12.1. The molecule has 0 aliphatic heterocycles. The van der Waals surface area contributed by atoms with Crippen molar-refractivity contribution in [1.82, 2.24) is 9.71 Å². The molecule has 1 aliphatic carbocycles. The molecule has 1 aromatic rings. The predicted molar refractivity (Wildman–Crippen MR) is 69.4 cm³/mol. The van der Waals surface area contributed by atoms with E-state index in [1.807, 2.05) is 12.2 Å². The zero-order valence-electron chi connectivity index (χ0n) is 8.73. The summed E-state index contributed by atoms with van der Waals surface area (Å²) in [5.41, 5.74) is 0. The van der Waals surface area contributed by atoms with Crippen molar-refractivity contribution >= 4 is 37.6 Å². The molecule has 4 nitrogen and oxygen atoms in total. The standard InChI is InChI=1S/C10H10BrClN2O2S/c11-7-5-9(10(12)13-6-7)17(15,16)14-8-3-1-2-4-8/h1-2,5-6,8,14H,3-4H2. The number of halogens is 2. The molecule has 7 heteroatoms. The SMILES string of the molecule is O=S(=O)(NC1CC=CC1)c1cc(Br)cnc1Cl. The van der Waals surface area contributed by atoms with E-state index >= 15 is 0 Å². The van der Waals surface area contributed by atoms with Crippen LogP contribution >= 0.6 is 27.5 Å². The van der Waals surface area contributed by atoms with Crippen LogP contribution in [0.5, 0.6) is 0 Å². The lowest BCUT2D eigenvalue weighted by Crippen LogP contribution is -2.33. The second kappa shape index (κ2) is 5.06. The summed E-state index contributed by atoms with van der Waals surface area (Å²) in [5.74, 6) is 0. The monoisotopic (exact) mass is 336 g/mol. The number of nitrogens with one attached hydrogen (secondary N) is 1. The van der Waals surface area contributed by atoms with Crippen LogP contribution in [0.25, 0.3) is 0 Å². The first-order valence-electron chi connectivity index (χ1n) is 4.97. The van der Waals surface area contributed by atoms with Crippen LogP contribution in [0.4, 0.5) is 0 Å². The van der Waals surface area contributed by atoms with Crippen molar-refractivity contribution in [3.05, 3.63) is 34.0 Å². The van der Waals surface area contributed by atoms with E-state index in [0.717, 1.165) is 0 Å². The highest BCUT2D eigenvalue weighted by molar-refractivity contribution is 9.10. The molecular weight excluding hydrogens is 328 g/mol. The molecule has 2 rings (SSSR count). The van der Waals surface area contributed by atoms with Gasteiger partial charge >= 0.3 is 0 Å². The predicted octanol–water partition coefficient (Wildman–Crippen LogP) is 2.49. The highest BCUT2D eigenvalue weighted by Gasteiger charge is 2.23. The molecule has 1 aromatic heterocycles. The number of sulfonamides is 1. The Morgan fingerprint density at radius 3 is 2.71 bits per heavy atom. The molecule has 0 atom stereocenters. The summed E-state index contributed by atoms with van der Waals surface area (Å²) < 4.78 is 27.3. The Labute approximate surface area is 113 Å². The van der Waals surface area contributed by atoms with E-state index < -0.39 is 10.0 Å². The summed E-state index contributed by atoms with van der Waals surface area (Å²) in [7, 11) is -3.61. The van der Waals surface area contributed by atoms with Crippen LogP contribution < -0.4 is 4.72 Å². The fourth-order valence-corrected chi connectivity index (χ4v) is 3.79. The van der Waals surface area contributed by atoms with E-state index in [4.69, 9.17) is 11.6 Å². The Kier molecular flexibility index (Phi) is 3.87. The van der Waals surface area contributed by atoms with Crippen LogP contribution in [0.2, 0.25) is 5.15 Å². The summed E-state index contributed by atoms with van der Waals surface area (Å²) >= 11 is 8.98. The second-order valence-corrected chi connectivity index (χ2v) is 6.66. The van der Waals surface area contributed by atoms with Gasteiger partial charge in [0.15, 0.2) is 0 Å². The molecule has 17 heavy (non-hydrogen) atoms. The smallest absolute Gasteiger partial charge is 0.242 e. The van der Waals surface area contributed by atoms with E-state index in [-0.39, 0.29) is 16.1 Å². The van der Waals surface area contributed by atoms with Gasteiger partial charge in [-0.2, -0.15) is 0 Å². The first kappa shape index (κ1) is 13.0. The normalized spacial score (nSPS) is 16.6. The van der Waals surface area contributed by atoms with E-state index in [9.17, 15) is 8.42 Å². The fourth-order valence-electron chi connectivity index (χ4n) is 1.59. The van der Waals surface area contributed by atoms with Crippen molar-refractivity contribution in [2.75, 3.05) is 0 Å². The van der Waals surface area contributed by atoms with Crippen LogP contribution in [0.3, 0.4) is 0 Å². The summed E-state index contributed by atoms with van der Waals surface area (Å²) in [4.78, 5) is 3.80. The molecule has 1 aliphatic rings.